The molecule has 5 heteroatoms. The Morgan fingerprint density at radius 3 is 2.85 bits per heavy atom. The SMILES string of the molecule is CCNC(=NCC1CCN(CCc2ccccc2)C1)NC1CC2CCC1O2. The third kappa shape index (κ3) is 5.02. The van der Waals surface area contributed by atoms with Crippen molar-refractivity contribution in [1.29, 1.82) is 0 Å². The van der Waals surface area contributed by atoms with Crippen LogP contribution in [0.25, 0.3) is 0 Å². The number of hydrogen-bond acceptors (Lipinski definition) is 3. The first-order valence-electron chi connectivity index (χ1n) is 10.8. The number of likely N-dealkylation sites (tertiary alicyclic amines) is 1. The lowest BCUT2D eigenvalue weighted by atomic mass is 9.96. The van der Waals surface area contributed by atoms with Gasteiger partial charge < -0.3 is 20.3 Å². The molecule has 4 atom stereocenters. The van der Waals surface area contributed by atoms with Gasteiger partial charge in [0, 0.05) is 26.2 Å². The highest BCUT2D eigenvalue weighted by Crippen LogP contribution is 2.34. The van der Waals surface area contributed by atoms with Crippen LogP contribution in [-0.2, 0) is 11.2 Å². The van der Waals surface area contributed by atoms with Gasteiger partial charge in [0.25, 0.3) is 0 Å². The molecule has 3 fully saturated rings. The van der Waals surface area contributed by atoms with E-state index in [1.165, 1.54) is 37.9 Å². The van der Waals surface area contributed by atoms with Crippen LogP contribution in [0.1, 0.15) is 38.2 Å². The second-order valence-corrected chi connectivity index (χ2v) is 8.27. The summed E-state index contributed by atoms with van der Waals surface area (Å²) in [5.41, 5.74) is 1.44. The van der Waals surface area contributed by atoms with E-state index >= 15 is 0 Å². The van der Waals surface area contributed by atoms with Crippen molar-refractivity contribution in [3.05, 3.63) is 35.9 Å². The minimum absolute atomic E-state index is 0.388. The Balaban J connectivity index is 1.22. The van der Waals surface area contributed by atoms with Crippen molar-refractivity contribution in [3.63, 3.8) is 0 Å². The molecule has 0 saturated carbocycles. The number of nitrogens with one attached hydrogen (secondary N) is 2. The van der Waals surface area contributed by atoms with Crippen LogP contribution < -0.4 is 10.6 Å². The first kappa shape index (κ1) is 18.8. The van der Waals surface area contributed by atoms with Crippen LogP contribution in [0.4, 0.5) is 0 Å². The van der Waals surface area contributed by atoms with Gasteiger partial charge in [-0.3, -0.25) is 4.99 Å². The van der Waals surface area contributed by atoms with Gasteiger partial charge in [0.1, 0.15) is 0 Å². The van der Waals surface area contributed by atoms with Crippen molar-refractivity contribution in [2.45, 2.75) is 57.3 Å². The Kier molecular flexibility index (Phi) is 6.30. The number of hydrogen-bond donors (Lipinski definition) is 2. The molecule has 0 aromatic heterocycles. The lowest BCUT2D eigenvalue weighted by Crippen LogP contribution is -2.47. The molecule has 1 aromatic carbocycles. The largest absolute Gasteiger partial charge is 0.373 e. The maximum atomic E-state index is 5.97. The van der Waals surface area contributed by atoms with Crippen molar-refractivity contribution in [2.75, 3.05) is 32.7 Å². The quantitative estimate of drug-likeness (QED) is 0.572. The summed E-state index contributed by atoms with van der Waals surface area (Å²) in [7, 11) is 0. The second-order valence-electron chi connectivity index (χ2n) is 8.27. The number of fused-ring (bicyclic) bond motifs is 2. The van der Waals surface area contributed by atoms with Crippen molar-refractivity contribution in [3.8, 4) is 0 Å². The van der Waals surface area contributed by atoms with E-state index in [0.29, 0.717) is 24.2 Å². The van der Waals surface area contributed by atoms with Crippen LogP contribution in [0.3, 0.4) is 0 Å². The Morgan fingerprint density at radius 1 is 1.22 bits per heavy atom. The van der Waals surface area contributed by atoms with Gasteiger partial charge in [-0.05, 0) is 57.1 Å². The Bertz CT molecular complexity index is 620. The van der Waals surface area contributed by atoms with E-state index in [1.54, 1.807) is 0 Å². The summed E-state index contributed by atoms with van der Waals surface area (Å²) >= 11 is 0. The van der Waals surface area contributed by atoms with Crippen LogP contribution in [0.5, 0.6) is 0 Å². The van der Waals surface area contributed by atoms with Crippen LogP contribution in [0, 0.1) is 5.92 Å². The molecule has 5 nitrogen and oxygen atoms in total. The average Bonchev–Trinajstić information content (AvgIpc) is 3.43. The number of nitrogens with zero attached hydrogens (tertiary/aromatic N) is 2. The van der Waals surface area contributed by atoms with Gasteiger partial charge in [0.15, 0.2) is 5.96 Å². The first-order chi connectivity index (χ1) is 13.3. The van der Waals surface area contributed by atoms with E-state index in [1.807, 2.05) is 0 Å². The lowest BCUT2D eigenvalue weighted by Gasteiger charge is -2.23. The van der Waals surface area contributed by atoms with E-state index in [2.05, 4.69) is 52.8 Å². The molecule has 3 heterocycles. The van der Waals surface area contributed by atoms with Gasteiger partial charge in [-0.2, -0.15) is 0 Å². The molecule has 27 heavy (non-hydrogen) atoms. The summed E-state index contributed by atoms with van der Waals surface area (Å²) < 4.78 is 5.97. The maximum Gasteiger partial charge on any atom is 0.191 e. The molecule has 0 aliphatic carbocycles. The van der Waals surface area contributed by atoms with E-state index < -0.39 is 0 Å². The normalized spacial score (nSPS) is 30.8. The minimum Gasteiger partial charge on any atom is -0.373 e. The molecule has 1 aromatic rings. The minimum atomic E-state index is 0.388. The highest BCUT2D eigenvalue weighted by molar-refractivity contribution is 5.80. The van der Waals surface area contributed by atoms with E-state index in [4.69, 9.17) is 9.73 Å². The highest BCUT2D eigenvalue weighted by Gasteiger charge is 2.41. The molecular formula is C22H34N4O. The molecule has 4 rings (SSSR count). The van der Waals surface area contributed by atoms with Gasteiger partial charge in [-0.15, -0.1) is 0 Å². The number of rotatable bonds is 7. The van der Waals surface area contributed by atoms with Crippen molar-refractivity contribution >= 4 is 5.96 Å². The molecule has 148 valence electrons. The fraction of sp³-hybridized carbons (Fsp3) is 0.682. The molecular weight excluding hydrogens is 336 g/mol. The van der Waals surface area contributed by atoms with Gasteiger partial charge in [0.2, 0.25) is 0 Å². The topological polar surface area (TPSA) is 48.9 Å². The van der Waals surface area contributed by atoms with Gasteiger partial charge >= 0.3 is 0 Å². The Morgan fingerprint density at radius 2 is 2.11 bits per heavy atom. The molecule has 3 aliphatic rings. The smallest absolute Gasteiger partial charge is 0.191 e. The third-order valence-electron chi connectivity index (χ3n) is 6.21. The van der Waals surface area contributed by atoms with Crippen molar-refractivity contribution < 1.29 is 4.74 Å². The zero-order valence-corrected chi connectivity index (χ0v) is 16.6. The summed E-state index contributed by atoms with van der Waals surface area (Å²) in [5, 5.41) is 7.05. The van der Waals surface area contributed by atoms with Crippen LogP contribution >= 0.6 is 0 Å². The predicted octanol–water partition coefficient (Wildman–Crippen LogP) is 2.43. The molecule has 3 saturated heterocycles. The summed E-state index contributed by atoms with van der Waals surface area (Å²) in [6.07, 6.45) is 6.83. The van der Waals surface area contributed by atoms with Crippen molar-refractivity contribution in [2.24, 2.45) is 10.9 Å². The third-order valence-corrected chi connectivity index (χ3v) is 6.21. The summed E-state index contributed by atoms with van der Waals surface area (Å²) in [5.74, 6) is 1.65. The molecule has 0 spiro atoms. The molecule has 0 amide bonds. The lowest BCUT2D eigenvalue weighted by molar-refractivity contribution is 0.0992. The fourth-order valence-electron chi connectivity index (χ4n) is 4.70. The zero-order valence-electron chi connectivity index (χ0n) is 16.6. The number of ether oxygens (including phenoxy) is 1. The molecule has 0 radical (unpaired) electrons. The molecule has 2 N–H and O–H groups in total. The van der Waals surface area contributed by atoms with Gasteiger partial charge in [-0.1, -0.05) is 30.3 Å². The number of aliphatic imine (C=N–C) groups is 1. The van der Waals surface area contributed by atoms with Crippen LogP contribution in [0.15, 0.2) is 35.3 Å². The average molecular weight is 371 g/mol. The van der Waals surface area contributed by atoms with Gasteiger partial charge in [-0.25, -0.2) is 0 Å². The summed E-state index contributed by atoms with van der Waals surface area (Å²) in [6.45, 7) is 7.49. The second kappa shape index (κ2) is 9.07. The summed E-state index contributed by atoms with van der Waals surface area (Å²) in [6, 6.07) is 11.2. The molecule has 4 unspecified atom stereocenters. The van der Waals surface area contributed by atoms with E-state index in [-0.39, 0.29) is 0 Å². The fourth-order valence-corrected chi connectivity index (χ4v) is 4.70. The molecule has 2 bridgehead atoms. The van der Waals surface area contributed by atoms with Gasteiger partial charge in [0.05, 0.1) is 18.2 Å². The van der Waals surface area contributed by atoms with Crippen LogP contribution in [-0.4, -0.2) is 61.8 Å². The van der Waals surface area contributed by atoms with Crippen LogP contribution in [0.2, 0.25) is 0 Å². The standard InChI is InChI=1S/C22H34N4O/c1-2-23-22(25-20-14-19-8-9-21(20)27-19)24-15-18-11-13-26(16-18)12-10-17-6-4-3-5-7-17/h3-7,18-21H,2,8-16H2,1H3,(H2,23,24,25). The first-order valence-corrected chi connectivity index (χ1v) is 10.8. The molecule has 3 aliphatic heterocycles. The summed E-state index contributed by atoms with van der Waals surface area (Å²) in [4.78, 5) is 7.50. The number of guanidine groups is 1. The van der Waals surface area contributed by atoms with Crippen molar-refractivity contribution in [1.82, 2.24) is 15.5 Å². The maximum absolute atomic E-state index is 5.97. The monoisotopic (exact) mass is 370 g/mol. The highest BCUT2D eigenvalue weighted by atomic mass is 16.5. The Labute approximate surface area is 163 Å². The Hall–Kier alpha value is -1.59. The zero-order chi connectivity index (χ0) is 18.5. The number of benzene rings is 1. The predicted molar refractivity (Wildman–Crippen MR) is 110 cm³/mol. The van der Waals surface area contributed by atoms with E-state index in [0.717, 1.165) is 38.4 Å². The van der Waals surface area contributed by atoms with E-state index in [9.17, 15) is 0 Å².